The van der Waals surface area contributed by atoms with Crippen molar-refractivity contribution in [1.82, 2.24) is 5.43 Å². The molecule has 1 N–H and O–H groups in total. The van der Waals surface area contributed by atoms with Gasteiger partial charge in [-0.1, -0.05) is 12.1 Å². The van der Waals surface area contributed by atoms with E-state index in [9.17, 15) is 4.79 Å². The molecule has 0 aromatic heterocycles. The van der Waals surface area contributed by atoms with E-state index >= 15 is 0 Å². The van der Waals surface area contributed by atoms with Crippen molar-refractivity contribution >= 4 is 11.6 Å². The van der Waals surface area contributed by atoms with E-state index < -0.39 is 0 Å². The molecule has 0 saturated heterocycles. The number of aryl methyl sites for hydroxylation is 2. The van der Waals surface area contributed by atoms with Crippen LogP contribution in [0, 0.1) is 13.8 Å². The van der Waals surface area contributed by atoms with Gasteiger partial charge < -0.3 is 9.47 Å². The smallest absolute Gasteiger partial charge is 0.277 e. The molecule has 2 aromatic carbocycles. The first-order chi connectivity index (χ1) is 11.5. The number of amides is 1. The number of carbonyl (C=O) groups excluding carboxylic acids is 1. The average molecular weight is 326 g/mol. The van der Waals surface area contributed by atoms with Crippen LogP contribution in [0.25, 0.3) is 0 Å². The summed E-state index contributed by atoms with van der Waals surface area (Å²) in [4.78, 5) is 11.8. The molecule has 1 amide bonds. The van der Waals surface area contributed by atoms with Crippen LogP contribution in [0.5, 0.6) is 11.5 Å². The Morgan fingerprint density at radius 2 is 1.71 bits per heavy atom. The number of benzene rings is 2. The highest BCUT2D eigenvalue weighted by molar-refractivity contribution is 5.99. The fourth-order valence-electron chi connectivity index (χ4n) is 2.03. The Kier molecular flexibility index (Phi) is 5.95. The molecule has 0 aliphatic carbocycles. The van der Waals surface area contributed by atoms with Gasteiger partial charge in [-0.25, -0.2) is 5.43 Å². The molecule has 5 heteroatoms. The Labute approximate surface area is 142 Å². The summed E-state index contributed by atoms with van der Waals surface area (Å²) in [5, 5.41) is 4.12. The number of rotatable bonds is 6. The summed E-state index contributed by atoms with van der Waals surface area (Å²) in [5.74, 6) is 1.02. The maximum Gasteiger partial charge on any atom is 0.277 e. The molecule has 2 rings (SSSR count). The first kappa shape index (κ1) is 17.5. The Bertz CT molecular complexity index is 737. The van der Waals surface area contributed by atoms with E-state index in [0.29, 0.717) is 5.75 Å². The highest BCUT2D eigenvalue weighted by Crippen LogP contribution is 2.16. The van der Waals surface area contributed by atoms with Crippen LogP contribution in [0.1, 0.15) is 23.6 Å². The van der Waals surface area contributed by atoms with Crippen molar-refractivity contribution in [3.63, 3.8) is 0 Å². The van der Waals surface area contributed by atoms with Gasteiger partial charge in [0.15, 0.2) is 6.61 Å². The van der Waals surface area contributed by atoms with Crippen LogP contribution in [-0.4, -0.2) is 25.3 Å². The third-order valence-electron chi connectivity index (χ3n) is 3.70. The minimum absolute atomic E-state index is 0.101. The van der Waals surface area contributed by atoms with Gasteiger partial charge in [-0.15, -0.1) is 0 Å². The summed E-state index contributed by atoms with van der Waals surface area (Å²) >= 11 is 0. The number of hydrazone groups is 1. The Hall–Kier alpha value is -2.82. The third kappa shape index (κ3) is 4.84. The van der Waals surface area contributed by atoms with Crippen molar-refractivity contribution in [2.24, 2.45) is 5.10 Å². The molecule has 0 aliphatic rings. The summed E-state index contributed by atoms with van der Waals surface area (Å²) in [6, 6.07) is 13.1. The summed E-state index contributed by atoms with van der Waals surface area (Å²) < 4.78 is 10.5. The summed E-state index contributed by atoms with van der Waals surface area (Å²) in [7, 11) is 1.60. The van der Waals surface area contributed by atoms with Crippen LogP contribution in [0.3, 0.4) is 0 Å². The van der Waals surface area contributed by atoms with Gasteiger partial charge in [-0.2, -0.15) is 5.10 Å². The lowest BCUT2D eigenvalue weighted by Crippen LogP contribution is -2.25. The molecule has 24 heavy (non-hydrogen) atoms. The summed E-state index contributed by atoms with van der Waals surface area (Å²) in [6.07, 6.45) is 0. The largest absolute Gasteiger partial charge is 0.497 e. The zero-order chi connectivity index (χ0) is 17.5. The molecular formula is C19H22N2O3. The second kappa shape index (κ2) is 8.15. The van der Waals surface area contributed by atoms with Crippen LogP contribution < -0.4 is 14.9 Å². The van der Waals surface area contributed by atoms with E-state index in [2.05, 4.69) is 17.5 Å². The average Bonchev–Trinajstić information content (AvgIpc) is 2.60. The van der Waals surface area contributed by atoms with Gasteiger partial charge in [0, 0.05) is 0 Å². The predicted octanol–water partition coefficient (Wildman–Crippen LogP) is 3.23. The lowest BCUT2D eigenvalue weighted by Gasteiger charge is -2.07. The lowest BCUT2D eigenvalue weighted by molar-refractivity contribution is -0.123. The predicted molar refractivity (Wildman–Crippen MR) is 94.8 cm³/mol. The molecule has 0 aliphatic heterocycles. The zero-order valence-electron chi connectivity index (χ0n) is 14.4. The molecule has 0 atom stereocenters. The van der Waals surface area contributed by atoms with E-state index in [-0.39, 0.29) is 12.5 Å². The second-order valence-electron chi connectivity index (χ2n) is 5.50. The van der Waals surface area contributed by atoms with Crippen LogP contribution in [0.4, 0.5) is 0 Å². The molecule has 0 bridgehead atoms. The first-order valence-electron chi connectivity index (χ1n) is 7.67. The lowest BCUT2D eigenvalue weighted by atomic mass is 10.0. The van der Waals surface area contributed by atoms with Crippen molar-refractivity contribution in [1.29, 1.82) is 0 Å². The van der Waals surface area contributed by atoms with E-state index in [1.54, 1.807) is 31.4 Å². The van der Waals surface area contributed by atoms with Crippen LogP contribution >= 0.6 is 0 Å². The fourth-order valence-corrected chi connectivity index (χ4v) is 2.03. The molecule has 0 spiro atoms. The van der Waals surface area contributed by atoms with Gasteiger partial charge in [0.25, 0.3) is 5.91 Å². The second-order valence-corrected chi connectivity index (χ2v) is 5.50. The van der Waals surface area contributed by atoms with Gasteiger partial charge in [0.2, 0.25) is 0 Å². The van der Waals surface area contributed by atoms with Crippen LogP contribution in [-0.2, 0) is 4.79 Å². The normalized spacial score (nSPS) is 11.1. The van der Waals surface area contributed by atoms with Crippen molar-refractivity contribution in [3.05, 3.63) is 59.2 Å². The summed E-state index contributed by atoms with van der Waals surface area (Å²) in [6.45, 7) is 5.86. The Balaban J connectivity index is 1.87. The van der Waals surface area contributed by atoms with Gasteiger partial charge in [0.1, 0.15) is 11.5 Å². The number of hydrogen-bond acceptors (Lipinski definition) is 4. The van der Waals surface area contributed by atoms with Crippen LogP contribution in [0.2, 0.25) is 0 Å². The van der Waals surface area contributed by atoms with E-state index in [0.717, 1.165) is 17.0 Å². The van der Waals surface area contributed by atoms with E-state index in [1.807, 2.05) is 32.0 Å². The quantitative estimate of drug-likeness (QED) is 0.655. The van der Waals surface area contributed by atoms with Gasteiger partial charge in [-0.3, -0.25) is 4.79 Å². The van der Waals surface area contributed by atoms with E-state index in [4.69, 9.17) is 9.47 Å². The maximum atomic E-state index is 11.8. The fraction of sp³-hybridized carbons (Fsp3) is 0.263. The van der Waals surface area contributed by atoms with Crippen molar-refractivity contribution < 1.29 is 14.3 Å². The molecule has 5 nitrogen and oxygen atoms in total. The van der Waals surface area contributed by atoms with Crippen molar-refractivity contribution in [2.75, 3.05) is 13.7 Å². The van der Waals surface area contributed by atoms with Crippen LogP contribution in [0.15, 0.2) is 47.6 Å². The third-order valence-corrected chi connectivity index (χ3v) is 3.70. The topological polar surface area (TPSA) is 59.9 Å². The Morgan fingerprint density at radius 1 is 1.04 bits per heavy atom. The standard InChI is InChI=1S/C19H22N2O3/c1-13-5-6-16(11-14(13)2)15(3)20-21-19(22)12-24-18-9-7-17(23-4)8-10-18/h5-11H,12H2,1-4H3,(H,21,22)/b20-15+. The molecule has 0 saturated carbocycles. The van der Waals surface area contributed by atoms with Gasteiger partial charge in [-0.05, 0) is 67.8 Å². The zero-order valence-corrected chi connectivity index (χ0v) is 14.4. The molecule has 126 valence electrons. The van der Waals surface area contributed by atoms with Crippen molar-refractivity contribution in [2.45, 2.75) is 20.8 Å². The first-order valence-corrected chi connectivity index (χ1v) is 7.67. The number of nitrogens with one attached hydrogen (secondary N) is 1. The number of methoxy groups -OCH3 is 1. The molecule has 0 unspecified atom stereocenters. The molecule has 2 aromatic rings. The number of ether oxygens (including phenoxy) is 2. The summed E-state index contributed by atoms with van der Waals surface area (Å²) in [5.41, 5.74) is 6.65. The SMILES string of the molecule is COc1ccc(OCC(=O)N/N=C(\C)c2ccc(C)c(C)c2)cc1. The minimum Gasteiger partial charge on any atom is -0.497 e. The molecule has 0 radical (unpaired) electrons. The number of hydrogen-bond donors (Lipinski definition) is 1. The van der Waals surface area contributed by atoms with Gasteiger partial charge >= 0.3 is 0 Å². The minimum atomic E-state index is -0.311. The highest BCUT2D eigenvalue weighted by atomic mass is 16.5. The maximum absolute atomic E-state index is 11.8. The monoisotopic (exact) mass is 326 g/mol. The molecular weight excluding hydrogens is 304 g/mol. The molecule has 0 heterocycles. The Morgan fingerprint density at radius 3 is 2.33 bits per heavy atom. The molecule has 0 fully saturated rings. The van der Waals surface area contributed by atoms with Gasteiger partial charge in [0.05, 0.1) is 12.8 Å². The number of carbonyl (C=O) groups is 1. The van der Waals surface area contributed by atoms with E-state index in [1.165, 1.54) is 11.1 Å². The van der Waals surface area contributed by atoms with Crippen molar-refractivity contribution in [3.8, 4) is 11.5 Å². The number of nitrogens with zero attached hydrogens (tertiary/aromatic N) is 1. The highest BCUT2D eigenvalue weighted by Gasteiger charge is 2.04.